The highest BCUT2D eigenvalue weighted by Gasteiger charge is 2.19. The molecule has 4 rings (SSSR count). The number of fused-ring (bicyclic) bond motifs is 1. The molecule has 1 aliphatic heterocycles. The fourth-order valence-corrected chi connectivity index (χ4v) is 3.28. The molecule has 0 radical (unpaired) electrons. The van der Waals surface area contributed by atoms with E-state index in [-0.39, 0.29) is 5.75 Å². The predicted octanol–water partition coefficient (Wildman–Crippen LogP) is 1.91. The largest absolute Gasteiger partial charge is 0.546 e. The van der Waals surface area contributed by atoms with Crippen molar-refractivity contribution in [3.05, 3.63) is 42.1 Å². The van der Waals surface area contributed by atoms with E-state index in [9.17, 15) is 15.0 Å². The van der Waals surface area contributed by atoms with Crippen LogP contribution in [-0.2, 0) is 11.2 Å². The van der Waals surface area contributed by atoms with Crippen LogP contribution in [0.3, 0.4) is 0 Å². The van der Waals surface area contributed by atoms with Crippen molar-refractivity contribution in [3.8, 4) is 45.4 Å². The molecule has 2 heterocycles. The summed E-state index contributed by atoms with van der Waals surface area (Å²) in [5.74, 6) is 0.267. The Labute approximate surface area is 166 Å². The van der Waals surface area contributed by atoms with Gasteiger partial charge in [0, 0.05) is 17.2 Å². The van der Waals surface area contributed by atoms with Gasteiger partial charge in [0.15, 0.2) is 11.5 Å². The highest BCUT2D eigenvalue weighted by atomic mass is 16.6. The van der Waals surface area contributed by atoms with Gasteiger partial charge in [-0.3, -0.25) is 5.10 Å². The molecule has 2 N–H and O–H groups in total. The lowest BCUT2D eigenvalue weighted by Crippen LogP contribution is -2.29. The summed E-state index contributed by atoms with van der Waals surface area (Å²) in [6, 6.07) is 8.78. The van der Waals surface area contributed by atoms with Gasteiger partial charge in [0.1, 0.15) is 31.3 Å². The van der Waals surface area contributed by atoms with E-state index in [1.165, 1.54) is 6.07 Å². The Morgan fingerprint density at radius 2 is 2.00 bits per heavy atom. The van der Waals surface area contributed by atoms with Crippen LogP contribution in [0.2, 0.25) is 0 Å². The molecule has 0 amide bonds. The number of carbonyl (C=O) groups excluding carboxylic acids is 1. The third-order valence-electron chi connectivity index (χ3n) is 4.67. The fourth-order valence-electron chi connectivity index (χ4n) is 3.28. The number of hydrogen-bond donors (Lipinski definition) is 2. The van der Waals surface area contributed by atoms with Gasteiger partial charge >= 0.3 is 0 Å². The van der Waals surface area contributed by atoms with E-state index >= 15 is 0 Å². The number of hydrogen-bond acceptors (Lipinski definition) is 7. The van der Waals surface area contributed by atoms with Crippen LogP contribution in [0.4, 0.5) is 0 Å². The van der Waals surface area contributed by atoms with Crippen molar-refractivity contribution in [2.24, 2.45) is 0 Å². The van der Waals surface area contributed by atoms with Gasteiger partial charge < -0.3 is 29.2 Å². The number of carboxylic acid groups (broad SMARTS) is 1. The molecular weight excluding hydrogens is 376 g/mol. The van der Waals surface area contributed by atoms with E-state index in [4.69, 9.17) is 14.2 Å². The molecule has 0 spiro atoms. The van der Waals surface area contributed by atoms with Crippen LogP contribution in [0, 0.1) is 0 Å². The lowest BCUT2D eigenvalue weighted by atomic mass is 9.98. The van der Waals surface area contributed by atoms with Crippen molar-refractivity contribution in [2.75, 3.05) is 19.8 Å². The highest BCUT2D eigenvalue weighted by Crippen LogP contribution is 2.41. The zero-order valence-corrected chi connectivity index (χ0v) is 15.7. The van der Waals surface area contributed by atoms with E-state index in [0.29, 0.717) is 48.1 Å². The molecule has 1 aliphatic rings. The first-order valence-corrected chi connectivity index (χ1v) is 9.19. The molecule has 0 saturated carbocycles. The van der Waals surface area contributed by atoms with Gasteiger partial charge in [-0.15, -0.1) is 0 Å². The zero-order valence-electron chi connectivity index (χ0n) is 15.7. The summed E-state index contributed by atoms with van der Waals surface area (Å²) in [6.45, 7) is 2.33. The van der Waals surface area contributed by atoms with Crippen LogP contribution in [0.25, 0.3) is 22.4 Å². The average molecular weight is 395 g/mol. The summed E-state index contributed by atoms with van der Waals surface area (Å²) in [7, 11) is 0. The van der Waals surface area contributed by atoms with Crippen LogP contribution in [0.1, 0.15) is 12.5 Å². The van der Waals surface area contributed by atoms with Crippen molar-refractivity contribution in [2.45, 2.75) is 13.3 Å². The summed E-state index contributed by atoms with van der Waals surface area (Å²) >= 11 is 0. The van der Waals surface area contributed by atoms with Crippen LogP contribution in [0.5, 0.6) is 23.0 Å². The summed E-state index contributed by atoms with van der Waals surface area (Å²) < 4.78 is 16.5. The van der Waals surface area contributed by atoms with E-state index in [0.717, 1.165) is 16.7 Å². The molecule has 0 aliphatic carbocycles. The highest BCUT2D eigenvalue weighted by molar-refractivity contribution is 5.84. The van der Waals surface area contributed by atoms with Gasteiger partial charge in [-0.2, -0.15) is 5.10 Å². The second kappa shape index (κ2) is 7.75. The summed E-state index contributed by atoms with van der Waals surface area (Å²) in [6.07, 6.45) is 2.26. The second-order valence-electron chi connectivity index (χ2n) is 6.51. The number of benzene rings is 2. The molecular formula is C21H19N2O6-. The van der Waals surface area contributed by atoms with Crippen LogP contribution in [-0.4, -0.2) is 41.1 Å². The number of phenols is 1. The molecule has 0 bridgehead atoms. The number of nitrogens with one attached hydrogen (secondary N) is 1. The van der Waals surface area contributed by atoms with E-state index < -0.39 is 12.6 Å². The van der Waals surface area contributed by atoms with E-state index in [1.54, 1.807) is 12.3 Å². The van der Waals surface area contributed by atoms with Crippen molar-refractivity contribution in [1.82, 2.24) is 10.2 Å². The van der Waals surface area contributed by atoms with Gasteiger partial charge in [-0.25, -0.2) is 0 Å². The number of ether oxygens (including phenoxy) is 3. The number of nitrogens with zero attached hydrogens (tertiary/aromatic N) is 1. The van der Waals surface area contributed by atoms with E-state index in [2.05, 4.69) is 10.2 Å². The topological polar surface area (TPSA) is 117 Å². The monoisotopic (exact) mass is 395 g/mol. The summed E-state index contributed by atoms with van der Waals surface area (Å²) in [5, 5.41) is 28.3. The molecule has 0 saturated heterocycles. The summed E-state index contributed by atoms with van der Waals surface area (Å²) in [5.41, 5.74) is 3.54. The van der Waals surface area contributed by atoms with Crippen molar-refractivity contribution in [1.29, 1.82) is 0 Å². The SMILES string of the molecule is CCc1cc(-c2[nH]ncc2-c2ccc3c(c2)OCCO3)c(O)cc1OCC(=O)[O-]. The number of aromatic hydroxyl groups is 1. The minimum atomic E-state index is -1.33. The Kier molecular flexibility index (Phi) is 4.99. The van der Waals surface area contributed by atoms with Gasteiger partial charge in [0.25, 0.3) is 0 Å². The molecule has 0 atom stereocenters. The number of aliphatic carboxylic acids is 1. The van der Waals surface area contributed by atoms with Crippen molar-refractivity contribution >= 4 is 5.97 Å². The van der Waals surface area contributed by atoms with Crippen LogP contribution >= 0.6 is 0 Å². The first-order valence-electron chi connectivity index (χ1n) is 9.19. The quantitative estimate of drug-likeness (QED) is 0.655. The van der Waals surface area contributed by atoms with E-state index in [1.807, 2.05) is 25.1 Å². The van der Waals surface area contributed by atoms with Gasteiger partial charge in [-0.1, -0.05) is 13.0 Å². The number of aromatic nitrogens is 2. The standard InChI is InChI=1S/C21H20N2O6/c1-2-12-7-14(16(24)9-18(12)29-11-20(25)26)21-15(10-22-23-21)13-3-4-17-19(8-13)28-6-5-27-17/h3-4,7-10,24H,2,5-6,11H2,1H3,(H,22,23)(H,25,26)/p-1. The minimum Gasteiger partial charge on any atom is -0.546 e. The summed E-state index contributed by atoms with van der Waals surface area (Å²) in [4.78, 5) is 10.7. The number of H-pyrrole nitrogens is 1. The van der Waals surface area contributed by atoms with Gasteiger partial charge in [0.05, 0.1) is 17.9 Å². The van der Waals surface area contributed by atoms with Crippen LogP contribution in [0.15, 0.2) is 36.5 Å². The first kappa shape index (κ1) is 18.7. The molecule has 2 aromatic carbocycles. The van der Waals surface area contributed by atoms with Crippen molar-refractivity contribution < 1.29 is 29.2 Å². The van der Waals surface area contributed by atoms with Gasteiger partial charge in [-0.05, 0) is 35.7 Å². The minimum absolute atomic E-state index is 0.0569. The maximum absolute atomic E-state index is 10.7. The Bertz CT molecular complexity index is 1060. The molecule has 150 valence electrons. The normalized spacial score (nSPS) is 12.6. The number of phenolic OH excluding ortho intramolecular Hbond substituents is 1. The number of aromatic amines is 1. The second-order valence-corrected chi connectivity index (χ2v) is 6.51. The average Bonchev–Trinajstić information content (AvgIpc) is 3.21. The maximum atomic E-state index is 10.7. The third kappa shape index (κ3) is 3.69. The Morgan fingerprint density at radius 1 is 1.21 bits per heavy atom. The Balaban J connectivity index is 1.73. The van der Waals surface area contributed by atoms with Gasteiger partial charge in [0.2, 0.25) is 0 Å². The Hall–Kier alpha value is -3.68. The number of carbonyl (C=O) groups is 1. The smallest absolute Gasteiger partial charge is 0.161 e. The Morgan fingerprint density at radius 3 is 2.76 bits per heavy atom. The first-order chi connectivity index (χ1) is 14.1. The number of rotatable bonds is 6. The third-order valence-corrected chi connectivity index (χ3v) is 4.67. The molecule has 0 fully saturated rings. The fraction of sp³-hybridized carbons (Fsp3) is 0.238. The lowest BCUT2D eigenvalue weighted by Gasteiger charge is -2.19. The molecule has 3 aromatic rings. The molecule has 1 aromatic heterocycles. The molecule has 8 heteroatoms. The zero-order chi connectivity index (χ0) is 20.4. The number of carboxylic acids is 1. The molecule has 0 unspecified atom stereocenters. The number of aryl methyl sites for hydroxylation is 1. The van der Waals surface area contributed by atoms with Crippen molar-refractivity contribution in [3.63, 3.8) is 0 Å². The lowest BCUT2D eigenvalue weighted by molar-refractivity contribution is -0.307. The molecule has 8 nitrogen and oxygen atoms in total. The molecule has 29 heavy (non-hydrogen) atoms. The van der Waals surface area contributed by atoms with Crippen LogP contribution < -0.4 is 19.3 Å². The maximum Gasteiger partial charge on any atom is 0.161 e. The predicted molar refractivity (Wildman–Crippen MR) is 102 cm³/mol.